The number of ether oxygens (including phenoxy) is 2. The Hall–Kier alpha value is -2.69. The van der Waals surface area contributed by atoms with Crippen molar-refractivity contribution in [3.63, 3.8) is 0 Å². The van der Waals surface area contributed by atoms with Gasteiger partial charge in [-0.1, -0.05) is 6.07 Å². The van der Waals surface area contributed by atoms with E-state index >= 15 is 0 Å². The molecule has 9 nitrogen and oxygen atoms in total. The minimum absolute atomic E-state index is 0.0856. The predicted molar refractivity (Wildman–Crippen MR) is 117 cm³/mol. The van der Waals surface area contributed by atoms with Crippen LogP contribution in [-0.2, 0) is 14.8 Å². The Morgan fingerprint density at radius 3 is 2.39 bits per heavy atom. The van der Waals surface area contributed by atoms with Crippen LogP contribution in [0.2, 0.25) is 0 Å². The van der Waals surface area contributed by atoms with Gasteiger partial charge < -0.3 is 14.4 Å². The average molecular weight is 450 g/mol. The Morgan fingerprint density at radius 2 is 1.77 bits per heavy atom. The lowest BCUT2D eigenvalue weighted by atomic mass is 10.1. The van der Waals surface area contributed by atoms with Gasteiger partial charge in [0.2, 0.25) is 10.0 Å². The van der Waals surface area contributed by atoms with E-state index in [4.69, 9.17) is 9.47 Å². The zero-order chi connectivity index (χ0) is 22.6. The molecule has 168 valence electrons. The third-order valence-corrected chi connectivity index (χ3v) is 6.97. The monoisotopic (exact) mass is 449 g/mol. The fourth-order valence-electron chi connectivity index (χ4n) is 3.50. The van der Waals surface area contributed by atoms with Crippen LogP contribution in [0.5, 0.6) is 5.75 Å². The van der Waals surface area contributed by atoms with Gasteiger partial charge in [0.1, 0.15) is 17.3 Å². The Bertz CT molecular complexity index is 1030. The first-order chi connectivity index (χ1) is 14.7. The predicted octanol–water partition coefficient (Wildman–Crippen LogP) is 2.75. The van der Waals surface area contributed by atoms with Crippen LogP contribution in [0.25, 0.3) is 0 Å². The number of likely N-dealkylation sites (N-methyl/N-ethyl adjacent to an activating group) is 1. The molecule has 1 heterocycles. The molecule has 2 aromatic rings. The van der Waals surface area contributed by atoms with Crippen molar-refractivity contribution in [1.29, 1.82) is 0 Å². The Kier molecular flexibility index (Phi) is 7.14. The van der Waals surface area contributed by atoms with E-state index in [0.717, 1.165) is 22.9 Å². The molecule has 31 heavy (non-hydrogen) atoms. The first kappa shape index (κ1) is 23.0. The maximum absolute atomic E-state index is 13.2. The van der Waals surface area contributed by atoms with Gasteiger partial charge in [0, 0.05) is 32.3 Å². The van der Waals surface area contributed by atoms with E-state index in [1.54, 1.807) is 11.9 Å². The highest BCUT2D eigenvalue weighted by atomic mass is 32.2. The molecule has 0 amide bonds. The minimum atomic E-state index is -3.92. The summed E-state index contributed by atoms with van der Waals surface area (Å²) in [4.78, 5) is 12.3. The minimum Gasteiger partial charge on any atom is -0.492 e. The Balaban J connectivity index is 1.82. The van der Waals surface area contributed by atoms with Crippen LogP contribution in [-0.4, -0.2) is 64.1 Å². The molecule has 3 rings (SSSR count). The lowest BCUT2D eigenvalue weighted by Crippen LogP contribution is -2.41. The van der Waals surface area contributed by atoms with Gasteiger partial charge in [-0.25, -0.2) is 8.42 Å². The number of aryl methyl sites for hydroxylation is 2. The normalized spacial score (nSPS) is 14.9. The number of sulfonamides is 1. The van der Waals surface area contributed by atoms with Gasteiger partial charge >= 0.3 is 0 Å². The second-order valence-electron chi connectivity index (χ2n) is 7.52. The van der Waals surface area contributed by atoms with Crippen LogP contribution < -0.4 is 9.64 Å². The molecule has 1 fully saturated rings. The molecular formula is C21H27N3O6S. The molecule has 0 saturated carbocycles. The molecule has 0 radical (unpaired) electrons. The zero-order valence-electron chi connectivity index (χ0n) is 17.9. The summed E-state index contributed by atoms with van der Waals surface area (Å²) >= 11 is 0. The number of hydrogen-bond acceptors (Lipinski definition) is 7. The van der Waals surface area contributed by atoms with E-state index in [-0.39, 0.29) is 23.7 Å². The molecule has 10 heteroatoms. The van der Waals surface area contributed by atoms with Crippen molar-refractivity contribution in [2.75, 3.05) is 51.4 Å². The van der Waals surface area contributed by atoms with Gasteiger partial charge in [-0.3, -0.25) is 10.1 Å². The van der Waals surface area contributed by atoms with Gasteiger partial charge in [-0.05, 0) is 43.2 Å². The average Bonchev–Trinajstić information content (AvgIpc) is 2.73. The van der Waals surface area contributed by atoms with Crippen LogP contribution in [0.1, 0.15) is 11.1 Å². The number of benzene rings is 2. The molecule has 1 aliphatic heterocycles. The van der Waals surface area contributed by atoms with Crippen molar-refractivity contribution in [2.24, 2.45) is 0 Å². The first-order valence-electron chi connectivity index (χ1n) is 9.97. The summed E-state index contributed by atoms with van der Waals surface area (Å²) < 4.78 is 38.9. The van der Waals surface area contributed by atoms with Crippen LogP contribution >= 0.6 is 0 Å². The smallest absolute Gasteiger partial charge is 0.270 e. The van der Waals surface area contributed by atoms with E-state index in [2.05, 4.69) is 6.07 Å². The highest BCUT2D eigenvalue weighted by Crippen LogP contribution is 2.31. The molecule has 0 unspecified atom stereocenters. The Labute approximate surface area is 182 Å². The van der Waals surface area contributed by atoms with Crippen LogP contribution in [0.15, 0.2) is 41.3 Å². The number of anilines is 1. The summed E-state index contributed by atoms with van der Waals surface area (Å²) in [5.74, 6) is 0.746. The van der Waals surface area contributed by atoms with Gasteiger partial charge in [0.15, 0.2) is 0 Å². The standard InChI is InChI=1S/C21H27N3O6S/c1-16-12-17(2)14-19(13-16)30-11-6-22(3)20-5-4-18(24(25)26)15-21(20)31(27,28)23-7-9-29-10-8-23/h4-5,12-15H,6-11H2,1-3H3. The third-order valence-electron chi connectivity index (χ3n) is 5.04. The number of nitrogens with zero attached hydrogens (tertiary/aromatic N) is 3. The van der Waals surface area contributed by atoms with E-state index in [1.165, 1.54) is 16.4 Å². The Morgan fingerprint density at radius 1 is 1.13 bits per heavy atom. The van der Waals surface area contributed by atoms with E-state index in [9.17, 15) is 18.5 Å². The van der Waals surface area contributed by atoms with Gasteiger partial charge in [0.05, 0.1) is 30.4 Å². The fraction of sp³-hybridized carbons (Fsp3) is 0.429. The fourth-order valence-corrected chi connectivity index (χ4v) is 5.17. The van der Waals surface area contributed by atoms with Crippen molar-refractivity contribution in [3.8, 4) is 5.75 Å². The van der Waals surface area contributed by atoms with E-state index in [1.807, 2.05) is 26.0 Å². The SMILES string of the molecule is Cc1cc(C)cc(OCCN(C)c2ccc([N+](=O)[O-])cc2S(=O)(=O)N2CCOCC2)c1. The highest BCUT2D eigenvalue weighted by Gasteiger charge is 2.31. The summed E-state index contributed by atoms with van der Waals surface area (Å²) in [6, 6.07) is 9.84. The molecule has 2 aromatic carbocycles. The molecule has 0 spiro atoms. The summed E-state index contributed by atoms with van der Waals surface area (Å²) in [7, 11) is -2.18. The molecular weight excluding hydrogens is 422 g/mol. The third kappa shape index (κ3) is 5.52. The summed E-state index contributed by atoms with van der Waals surface area (Å²) in [6.45, 7) is 5.72. The van der Waals surface area contributed by atoms with Crippen molar-refractivity contribution < 1.29 is 22.8 Å². The van der Waals surface area contributed by atoms with Crippen molar-refractivity contribution in [2.45, 2.75) is 18.7 Å². The summed E-state index contributed by atoms with van der Waals surface area (Å²) in [5.41, 5.74) is 2.31. The molecule has 0 bridgehead atoms. The topological polar surface area (TPSA) is 102 Å². The van der Waals surface area contributed by atoms with Crippen molar-refractivity contribution >= 4 is 21.4 Å². The van der Waals surface area contributed by atoms with Crippen molar-refractivity contribution in [1.82, 2.24) is 4.31 Å². The quantitative estimate of drug-likeness (QED) is 0.451. The lowest BCUT2D eigenvalue weighted by Gasteiger charge is -2.29. The number of nitro benzene ring substituents is 1. The van der Waals surface area contributed by atoms with Gasteiger partial charge in [-0.15, -0.1) is 0 Å². The van der Waals surface area contributed by atoms with Gasteiger partial charge in [0.25, 0.3) is 5.69 Å². The second kappa shape index (κ2) is 9.63. The van der Waals surface area contributed by atoms with Crippen molar-refractivity contribution in [3.05, 3.63) is 57.6 Å². The van der Waals surface area contributed by atoms with E-state index in [0.29, 0.717) is 32.1 Å². The number of morpholine rings is 1. The largest absolute Gasteiger partial charge is 0.492 e. The highest BCUT2D eigenvalue weighted by molar-refractivity contribution is 7.89. The molecule has 0 N–H and O–H groups in total. The molecule has 0 aromatic heterocycles. The van der Waals surface area contributed by atoms with Gasteiger partial charge in [-0.2, -0.15) is 4.31 Å². The second-order valence-corrected chi connectivity index (χ2v) is 9.43. The molecule has 0 aliphatic carbocycles. The number of nitro groups is 1. The maximum atomic E-state index is 13.2. The molecule has 1 saturated heterocycles. The lowest BCUT2D eigenvalue weighted by molar-refractivity contribution is -0.385. The van der Waals surface area contributed by atoms with Crippen LogP contribution in [0.4, 0.5) is 11.4 Å². The number of rotatable bonds is 8. The molecule has 0 atom stereocenters. The summed E-state index contributed by atoms with van der Waals surface area (Å²) in [5, 5.41) is 11.3. The zero-order valence-corrected chi connectivity index (χ0v) is 18.7. The first-order valence-corrected chi connectivity index (χ1v) is 11.4. The van der Waals surface area contributed by atoms with Crippen LogP contribution in [0.3, 0.4) is 0 Å². The number of hydrogen-bond donors (Lipinski definition) is 0. The van der Waals surface area contributed by atoms with Crippen LogP contribution in [0, 0.1) is 24.0 Å². The summed E-state index contributed by atoms with van der Waals surface area (Å²) in [6.07, 6.45) is 0. The van der Waals surface area contributed by atoms with E-state index < -0.39 is 14.9 Å². The molecule has 1 aliphatic rings. The maximum Gasteiger partial charge on any atom is 0.270 e. The number of non-ortho nitro benzene ring substituents is 1.